The summed E-state index contributed by atoms with van der Waals surface area (Å²) in [7, 11) is 0. The summed E-state index contributed by atoms with van der Waals surface area (Å²) in [5.41, 5.74) is -3.41. The molecule has 1 N–H and O–H groups in total. The highest BCUT2D eigenvalue weighted by Crippen LogP contribution is 2.38. The van der Waals surface area contributed by atoms with Crippen LogP contribution in [0.25, 0.3) is 16.7 Å². The number of anilines is 1. The SMILES string of the molecule is O=C(CC1CSc2nc3c(cnn3-c3cccc(Cl)c3)c(=O)n21)Nc1cc(C(F)(F)F)cc(C(F)(F)F)c1. The van der Waals surface area contributed by atoms with E-state index in [4.69, 9.17) is 11.6 Å². The Balaban J connectivity index is 1.42. The lowest BCUT2D eigenvalue weighted by Gasteiger charge is -2.16. The Kier molecular flexibility index (Phi) is 6.42. The smallest absolute Gasteiger partial charge is 0.326 e. The van der Waals surface area contributed by atoms with Crippen molar-refractivity contribution in [3.63, 3.8) is 0 Å². The first-order valence-corrected chi connectivity index (χ1v) is 12.2. The van der Waals surface area contributed by atoms with Crippen molar-refractivity contribution >= 4 is 46.0 Å². The van der Waals surface area contributed by atoms with Crippen LogP contribution >= 0.6 is 23.4 Å². The first-order chi connectivity index (χ1) is 17.8. The molecule has 0 radical (unpaired) electrons. The summed E-state index contributed by atoms with van der Waals surface area (Å²) in [6, 6.07) is 6.82. The molecule has 0 bridgehead atoms. The van der Waals surface area contributed by atoms with Crippen molar-refractivity contribution in [1.29, 1.82) is 0 Å². The zero-order valence-electron chi connectivity index (χ0n) is 18.8. The molecule has 1 aliphatic rings. The number of nitrogens with zero attached hydrogens (tertiary/aromatic N) is 4. The van der Waals surface area contributed by atoms with Gasteiger partial charge in [-0.25, -0.2) is 9.67 Å². The number of rotatable bonds is 4. The summed E-state index contributed by atoms with van der Waals surface area (Å²) >= 11 is 7.23. The number of halogens is 7. The van der Waals surface area contributed by atoms with Crippen molar-refractivity contribution in [3.8, 4) is 5.69 Å². The summed E-state index contributed by atoms with van der Waals surface area (Å²) in [4.78, 5) is 30.4. The molecule has 198 valence electrons. The van der Waals surface area contributed by atoms with Gasteiger partial charge in [0.15, 0.2) is 10.8 Å². The van der Waals surface area contributed by atoms with Gasteiger partial charge >= 0.3 is 12.4 Å². The molecule has 3 heterocycles. The Bertz CT molecular complexity index is 1600. The molecule has 0 aliphatic carbocycles. The van der Waals surface area contributed by atoms with Crippen molar-refractivity contribution in [2.24, 2.45) is 0 Å². The number of alkyl halides is 6. The molecule has 2 aromatic heterocycles. The second kappa shape index (κ2) is 9.34. The van der Waals surface area contributed by atoms with Crippen LogP contribution in [0.2, 0.25) is 5.02 Å². The van der Waals surface area contributed by atoms with E-state index in [-0.39, 0.29) is 29.3 Å². The second-order valence-corrected chi connectivity index (χ2v) is 9.78. The summed E-state index contributed by atoms with van der Waals surface area (Å²) < 4.78 is 81.5. The molecule has 2 aromatic carbocycles. The van der Waals surface area contributed by atoms with Crippen LogP contribution in [0.5, 0.6) is 0 Å². The van der Waals surface area contributed by atoms with Crippen LogP contribution in [0.3, 0.4) is 0 Å². The van der Waals surface area contributed by atoms with E-state index in [1.54, 1.807) is 24.3 Å². The number of fused-ring (bicyclic) bond motifs is 2. The first-order valence-electron chi connectivity index (χ1n) is 10.8. The Morgan fingerprint density at radius 1 is 1.08 bits per heavy atom. The van der Waals surface area contributed by atoms with Gasteiger partial charge in [-0.2, -0.15) is 31.4 Å². The van der Waals surface area contributed by atoms with Crippen LogP contribution in [0.4, 0.5) is 32.0 Å². The van der Waals surface area contributed by atoms with Crippen molar-refractivity contribution in [1.82, 2.24) is 19.3 Å². The van der Waals surface area contributed by atoms with E-state index in [1.165, 1.54) is 27.2 Å². The van der Waals surface area contributed by atoms with Crippen molar-refractivity contribution < 1.29 is 31.1 Å². The topological polar surface area (TPSA) is 81.8 Å². The molecule has 0 fully saturated rings. The Labute approximate surface area is 218 Å². The van der Waals surface area contributed by atoms with Gasteiger partial charge in [-0.3, -0.25) is 14.2 Å². The number of hydrogen-bond acceptors (Lipinski definition) is 5. The summed E-state index contributed by atoms with van der Waals surface area (Å²) in [6.07, 6.45) is -9.17. The number of carbonyl (C=O) groups excluding carboxylic acids is 1. The van der Waals surface area contributed by atoms with Gasteiger partial charge in [0, 0.05) is 22.9 Å². The van der Waals surface area contributed by atoms with Gasteiger partial charge in [-0.15, -0.1) is 0 Å². The monoisotopic (exact) mass is 573 g/mol. The number of benzene rings is 2. The predicted molar refractivity (Wildman–Crippen MR) is 128 cm³/mol. The van der Waals surface area contributed by atoms with Gasteiger partial charge < -0.3 is 5.32 Å². The van der Waals surface area contributed by atoms with E-state index < -0.39 is 46.7 Å². The van der Waals surface area contributed by atoms with E-state index in [9.17, 15) is 35.9 Å². The quantitative estimate of drug-likeness (QED) is 0.241. The maximum atomic E-state index is 13.2. The molecule has 5 rings (SSSR count). The molecule has 38 heavy (non-hydrogen) atoms. The molecule has 7 nitrogen and oxygen atoms in total. The molecule has 15 heteroatoms. The fourth-order valence-electron chi connectivity index (χ4n) is 4.03. The molecular formula is C23H14ClF6N5O2S. The fraction of sp³-hybridized carbons (Fsp3) is 0.217. The largest absolute Gasteiger partial charge is 0.416 e. The van der Waals surface area contributed by atoms with Crippen molar-refractivity contribution in [2.75, 3.05) is 11.1 Å². The van der Waals surface area contributed by atoms with Gasteiger partial charge in [-0.05, 0) is 36.4 Å². The van der Waals surface area contributed by atoms with Crippen LogP contribution in [0.15, 0.2) is 58.6 Å². The maximum Gasteiger partial charge on any atom is 0.416 e. The lowest BCUT2D eigenvalue weighted by molar-refractivity contribution is -0.143. The lowest BCUT2D eigenvalue weighted by Crippen LogP contribution is -2.28. The third-order valence-electron chi connectivity index (χ3n) is 5.72. The molecule has 1 amide bonds. The molecule has 1 unspecified atom stereocenters. The Morgan fingerprint density at radius 3 is 2.39 bits per heavy atom. The van der Waals surface area contributed by atoms with Crippen LogP contribution in [0, 0.1) is 0 Å². The van der Waals surface area contributed by atoms with E-state index in [0.717, 1.165) is 0 Å². The van der Waals surface area contributed by atoms with E-state index >= 15 is 0 Å². The zero-order valence-corrected chi connectivity index (χ0v) is 20.3. The number of amides is 1. The van der Waals surface area contributed by atoms with Gasteiger partial charge in [0.2, 0.25) is 5.91 Å². The Hall–Kier alpha value is -3.52. The number of thioether (sulfide) groups is 1. The zero-order chi connectivity index (χ0) is 27.4. The summed E-state index contributed by atoms with van der Waals surface area (Å²) in [5.74, 6) is -0.624. The van der Waals surface area contributed by atoms with Gasteiger partial charge in [-0.1, -0.05) is 29.4 Å². The minimum Gasteiger partial charge on any atom is -0.326 e. The van der Waals surface area contributed by atoms with Crippen LogP contribution in [-0.4, -0.2) is 31.0 Å². The molecule has 0 spiro atoms. The molecule has 1 aliphatic heterocycles. The normalized spacial score (nSPS) is 15.6. The number of hydrogen-bond donors (Lipinski definition) is 1. The summed E-state index contributed by atoms with van der Waals surface area (Å²) in [5, 5.41) is 7.22. The van der Waals surface area contributed by atoms with E-state index in [0.29, 0.717) is 28.0 Å². The third-order valence-corrected chi connectivity index (χ3v) is 7.05. The first kappa shape index (κ1) is 26.1. The highest BCUT2D eigenvalue weighted by atomic mass is 35.5. The van der Waals surface area contributed by atoms with Crippen LogP contribution in [0.1, 0.15) is 23.6 Å². The number of nitrogens with one attached hydrogen (secondary N) is 1. The minimum absolute atomic E-state index is 0.0282. The molecular weight excluding hydrogens is 560 g/mol. The van der Waals surface area contributed by atoms with Crippen molar-refractivity contribution in [2.45, 2.75) is 30.0 Å². The van der Waals surface area contributed by atoms with Gasteiger partial charge in [0.25, 0.3) is 5.56 Å². The summed E-state index contributed by atoms with van der Waals surface area (Å²) in [6.45, 7) is 0. The molecule has 1 atom stereocenters. The average molecular weight is 574 g/mol. The Morgan fingerprint density at radius 2 is 1.76 bits per heavy atom. The minimum atomic E-state index is -5.05. The number of aromatic nitrogens is 4. The molecule has 0 saturated heterocycles. The predicted octanol–water partition coefficient (Wildman–Crippen LogP) is 5.95. The molecule has 4 aromatic rings. The van der Waals surface area contributed by atoms with Gasteiger partial charge in [0.1, 0.15) is 5.39 Å². The fourth-order valence-corrected chi connectivity index (χ4v) is 5.35. The maximum absolute atomic E-state index is 13.2. The standard InChI is InChI=1S/C23H14ClF6N5O2S/c24-13-2-1-3-15(7-13)35-19-17(9-31-35)20(37)34-16(10-38-21(34)33-19)8-18(36)32-14-5-11(22(25,26)27)4-12(6-14)23(28,29)30/h1-7,9,16H,8,10H2,(H,32,36). The molecule has 0 saturated carbocycles. The van der Waals surface area contributed by atoms with E-state index in [2.05, 4.69) is 15.4 Å². The highest BCUT2D eigenvalue weighted by Gasteiger charge is 2.37. The van der Waals surface area contributed by atoms with Gasteiger partial charge in [0.05, 0.1) is 29.1 Å². The van der Waals surface area contributed by atoms with Crippen LogP contribution < -0.4 is 10.9 Å². The average Bonchev–Trinajstić information content (AvgIpc) is 3.42. The number of carbonyl (C=O) groups is 1. The highest BCUT2D eigenvalue weighted by molar-refractivity contribution is 7.99. The lowest BCUT2D eigenvalue weighted by atomic mass is 10.1. The van der Waals surface area contributed by atoms with Crippen LogP contribution in [-0.2, 0) is 17.1 Å². The van der Waals surface area contributed by atoms with Crippen molar-refractivity contribution in [3.05, 3.63) is 75.2 Å². The second-order valence-electron chi connectivity index (χ2n) is 8.35. The van der Waals surface area contributed by atoms with E-state index in [1.807, 2.05) is 0 Å². The third kappa shape index (κ3) is 4.97.